The predicted molar refractivity (Wildman–Crippen MR) is 117 cm³/mol. The molecule has 8 nitrogen and oxygen atoms in total. The van der Waals surface area contributed by atoms with Crippen LogP contribution >= 0.6 is 0 Å². The first kappa shape index (κ1) is 23.2. The highest BCUT2D eigenvalue weighted by Gasteiger charge is 2.20. The lowest BCUT2D eigenvalue weighted by Gasteiger charge is -2.26. The smallest absolute Gasteiger partial charge is 0.330 e. The monoisotopic (exact) mass is 419 g/mol. The molecule has 4 N–H and O–H groups in total. The van der Waals surface area contributed by atoms with Crippen LogP contribution in [0.3, 0.4) is 0 Å². The summed E-state index contributed by atoms with van der Waals surface area (Å²) in [6, 6.07) is 5.91. The molecule has 164 valence electrons. The van der Waals surface area contributed by atoms with Gasteiger partial charge >= 0.3 is 5.69 Å². The number of rotatable bonds is 10. The lowest BCUT2D eigenvalue weighted by molar-refractivity contribution is -0.116. The van der Waals surface area contributed by atoms with Crippen LogP contribution in [0.5, 0.6) is 0 Å². The van der Waals surface area contributed by atoms with Crippen LogP contribution in [0.2, 0.25) is 0 Å². The lowest BCUT2D eigenvalue weighted by atomic mass is 10.2. The Labute approximate surface area is 174 Å². The SMILES string of the molecule is CCCCN(CCC(=O)Nc1ccccc1F)c1c(N)n(CC(C)C)c(=O)[nH]c1=O. The molecule has 2 aromatic rings. The van der Waals surface area contributed by atoms with E-state index < -0.39 is 17.1 Å². The van der Waals surface area contributed by atoms with Gasteiger partial charge in [0.15, 0.2) is 0 Å². The van der Waals surface area contributed by atoms with Crippen molar-refractivity contribution in [3.63, 3.8) is 0 Å². The Bertz CT molecular complexity index is 983. The van der Waals surface area contributed by atoms with Crippen LogP contribution in [0, 0.1) is 11.7 Å². The summed E-state index contributed by atoms with van der Waals surface area (Å²) in [7, 11) is 0. The van der Waals surface area contributed by atoms with Gasteiger partial charge in [-0.15, -0.1) is 0 Å². The molecule has 0 unspecified atom stereocenters. The van der Waals surface area contributed by atoms with Crippen LogP contribution in [-0.4, -0.2) is 28.5 Å². The molecule has 0 radical (unpaired) electrons. The summed E-state index contributed by atoms with van der Waals surface area (Å²) < 4.78 is 15.1. The fourth-order valence-electron chi connectivity index (χ4n) is 3.13. The van der Waals surface area contributed by atoms with Crippen molar-refractivity contribution in [1.82, 2.24) is 9.55 Å². The predicted octanol–water partition coefficient (Wildman–Crippen LogP) is 2.55. The van der Waals surface area contributed by atoms with Crippen molar-refractivity contribution in [1.29, 1.82) is 0 Å². The van der Waals surface area contributed by atoms with E-state index in [2.05, 4.69) is 10.3 Å². The minimum atomic E-state index is -0.580. The summed E-state index contributed by atoms with van der Waals surface area (Å²) in [6.07, 6.45) is 1.68. The molecule has 9 heteroatoms. The standard InChI is InChI=1S/C21H30FN5O3/c1-4-5-11-26(12-10-17(28)24-16-9-7-6-8-15(16)22)18-19(23)27(13-14(2)3)21(30)25-20(18)29/h6-9,14H,4-5,10-13,23H2,1-3H3,(H,24,28)(H,25,29,30). The summed E-state index contributed by atoms with van der Waals surface area (Å²) >= 11 is 0. The molecule has 0 aliphatic heterocycles. The first-order valence-electron chi connectivity index (χ1n) is 10.2. The number of para-hydroxylation sites is 1. The Morgan fingerprint density at radius 3 is 2.60 bits per heavy atom. The molecule has 0 spiro atoms. The minimum Gasteiger partial charge on any atom is -0.383 e. The number of hydrogen-bond acceptors (Lipinski definition) is 5. The maximum Gasteiger partial charge on any atom is 0.330 e. The number of benzene rings is 1. The summed E-state index contributed by atoms with van der Waals surface area (Å²) in [5.41, 5.74) is 5.36. The van der Waals surface area contributed by atoms with Crippen molar-refractivity contribution < 1.29 is 9.18 Å². The van der Waals surface area contributed by atoms with Gasteiger partial charge in [0.2, 0.25) is 5.91 Å². The first-order chi connectivity index (χ1) is 14.2. The van der Waals surface area contributed by atoms with E-state index in [4.69, 9.17) is 5.73 Å². The number of nitrogens with two attached hydrogens (primary N) is 1. The number of nitrogens with zero attached hydrogens (tertiary/aromatic N) is 2. The number of H-pyrrole nitrogens is 1. The van der Waals surface area contributed by atoms with Gasteiger partial charge in [0.1, 0.15) is 17.3 Å². The van der Waals surface area contributed by atoms with E-state index in [1.165, 1.54) is 16.7 Å². The highest BCUT2D eigenvalue weighted by molar-refractivity contribution is 5.91. The Morgan fingerprint density at radius 1 is 1.27 bits per heavy atom. The number of nitrogens with one attached hydrogen (secondary N) is 2. The third-order valence-corrected chi connectivity index (χ3v) is 4.62. The normalized spacial score (nSPS) is 11.0. The summed E-state index contributed by atoms with van der Waals surface area (Å²) in [5.74, 6) is -0.662. The Hall–Kier alpha value is -3.10. The number of nitrogen functional groups attached to an aromatic ring is 1. The Morgan fingerprint density at radius 2 is 1.97 bits per heavy atom. The van der Waals surface area contributed by atoms with E-state index >= 15 is 0 Å². The second-order valence-electron chi connectivity index (χ2n) is 7.62. The van der Waals surface area contributed by atoms with Gasteiger partial charge in [0.05, 0.1) is 5.69 Å². The summed E-state index contributed by atoms with van der Waals surface area (Å²) in [5, 5.41) is 2.54. The van der Waals surface area contributed by atoms with Crippen molar-refractivity contribution in [2.45, 2.75) is 46.6 Å². The molecule has 1 amide bonds. The second kappa shape index (κ2) is 10.6. The zero-order chi connectivity index (χ0) is 22.3. The van der Waals surface area contributed by atoms with Crippen LogP contribution in [0.15, 0.2) is 33.9 Å². The van der Waals surface area contributed by atoms with Gasteiger partial charge in [-0.3, -0.25) is 19.1 Å². The van der Waals surface area contributed by atoms with Gasteiger partial charge < -0.3 is 16.0 Å². The van der Waals surface area contributed by atoms with Gasteiger partial charge in [-0.05, 0) is 24.5 Å². The zero-order valence-corrected chi connectivity index (χ0v) is 17.7. The van der Waals surface area contributed by atoms with Gasteiger partial charge in [0.25, 0.3) is 5.56 Å². The van der Waals surface area contributed by atoms with Crippen LogP contribution in [0.25, 0.3) is 0 Å². The average molecular weight is 420 g/mol. The molecule has 0 saturated heterocycles. The van der Waals surface area contributed by atoms with Crippen molar-refractivity contribution in [2.75, 3.05) is 29.0 Å². The quantitative estimate of drug-likeness (QED) is 0.548. The molecule has 1 heterocycles. The van der Waals surface area contributed by atoms with Crippen molar-refractivity contribution in [3.05, 3.63) is 50.9 Å². The van der Waals surface area contributed by atoms with Crippen LogP contribution < -0.4 is 27.2 Å². The fourth-order valence-corrected chi connectivity index (χ4v) is 3.13. The van der Waals surface area contributed by atoms with Gasteiger partial charge in [-0.2, -0.15) is 0 Å². The molecule has 0 bridgehead atoms. The van der Waals surface area contributed by atoms with E-state index in [1.54, 1.807) is 17.0 Å². The largest absolute Gasteiger partial charge is 0.383 e. The summed E-state index contributed by atoms with van der Waals surface area (Å²) in [6.45, 7) is 6.96. The van der Waals surface area contributed by atoms with Crippen molar-refractivity contribution in [2.24, 2.45) is 5.92 Å². The van der Waals surface area contributed by atoms with Gasteiger partial charge in [-0.25, -0.2) is 9.18 Å². The zero-order valence-electron chi connectivity index (χ0n) is 17.7. The molecule has 0 saturated carbocycles. The van der Waals surface area contributed by atoms with E-state index in [-0.39, 0.29) is 42.0 Å². The minimum absolute atomic E-state index is 0.0280. The van der Waals surface area contributed by atoms with E-state index in [0.717, 1.165) is 12.8 Å². The van der Waals surface area contributed by atoms with Gasteiger partial charge in [0, 0.05) is 26.1 Å². The summed E-state index contributed by atoms with van der Waals surface area (Å²) in [4.78, 5) is 41.1. The molecule has 30 heavy (non-hydrogen) atoms. The number of amides is 1. The molecule has 1 aromatic carbocycles. The van der Waals surface area contributed by atoms with Crippen LogP contribution in [0.4, 0.5) is 21.6 Å². The maximum atomic E-state index is 13.8. The highest BCUT2D eigenvalue weighted by Crippen LogP contribution is 2.19. The van der Waals surface area contributed by atoms with Gasteiger partial charge in [-0.1, -0.05) is 39.3 Å². The maximum absolute atomic E-state index is 13.8. The van der Waals surface area contributed by atoms with Crippen LogP contribution in [0.1, 0.15) is 40.0 Å². The van der Waals surface area contributed by atoms with E-state index in [0.29, 0.717) is 13.1 Å². The number of aromatic amines is 1. The number of aromatic nitrogens is 2. The molecular formula is C21H30FN5O3. The second-order valence-corrected chi connectivity index (χ2v) is 7.62. The molecule has 0 aliphatic carbocycles. The molecule has 0 atom stereocenters. The van der Waals surface area contributed by atoms with Crippen molar-refractivity contribution in [3.8, 4) is 0 Å². The highest BCUT2D eigenvalue weighted by atomic mass is 19.1. The number of unbranched alkanes of at least 4 members (excludes halogenated alkanes) is 1. The number of halogens is 1. The Kier molecular flexibility index (Phi) is 8.20. The number of carbonyl (C=O) groups excluding carboxylic acids is 1. The number of hydrogen-bond donors (Lipinski definition) is 3. The molecule has 0 aliphatic rings. The third kappa shape index (κ3) is 5.95. The fraction of sp³-hybridized carbons (Fsp3) is 0.476. The topological polar surface area (TPSA) is 113 Å². The average Bonchev–Trinajstić information content (AvgIpc) is 2.68. The number of anilines is 3. The van der Waals surface area contributed by atoms with E-state index in [1.807, 2.05) is 20.8 Å². The number of carbonyl (C=O) groups is 1. The molecule has 0 fully saturated rings. The van der Waals surface area contributed by atoms with E-state index in [9.17, 15) is 18.8 Å². The lowest BCUT2D eigenvalue weighted by Crippen LogP contribution is -2.40. The molecular weight excluding hydrogens is 389 g/mol. The molecule has 2 rings (SSSR count). The van der Waals surface area contributed by atoms with Crippen LogP contribution in [-0.2, 0) is 11.3 Å². The third-order valence-electron chi connectivity index (χ3n) is 4.62. The van der Waals surface area contributed by atoms with Crippen molar-refractivity contribution >= 4 is 23.1 Å². The first-order valence-corrected chi connectivity index (χ1v) is 10.2. The molecule has 1 aromatic heterocycles. The Balaban J connectivity index is 2.25.